The van der Waals surface area contributed by atoms with Gasteiger partial charge in [-0.05, 0) is 26.2 Å². The predicted molar refractivity (Wildman–Crippen MR) is 64.9 cm³/mol. The van der Waals surface area contributed by atoms with E-state index in [-0.39, 0.29) is 12.5 Å². The number of nitrogens with one attached hydrogen (secondary N) is 1. The van der Waals surface area contributed by atoms with Crippen LogP contribution >= 0.6 is 11.3 Å². The van der Waals surface area contributed by atoms with Gasteiger partial charge in [0.2, 0.25) is 0 Å². The molecule has 16 heavy (non-hydrogen) atoms. The van der Waals surface area contributed by atoms with Crippen LogP contribution in [0.15, 0.2) is 0 Å². The summed E-state index contributed by atoms with van der Waals surface area (Å²) in [4.78, 5) is 16.8. The van der Waals surface area contributed by atoms with E-state index in [4.69, 9.17) is 5.11 Å². The number of aliphatic hydroxyl groups is 1. The smallest absolute Gasteiger partial charge is 0.263 e. The first-order valence-electron chi connectivity index (χ1n) is 5.54. The van der Waals surface area contributed by atoms with Crippen molar-refractivity contribution in [2.24, 2.45) is 0 Å². The van der Waals surface area contributed by atoms with Crippen molar-refractivity contribution < 1.29 is 9.90 Å². The number of thiazole rings is 1. The average Bonchev–Trinajstić information content (AvgIpc) is 2.60. The molecule has 1 rings (SSSR count). The molecule has 0 aliphatic carbocycles. The summed E-state index contributed by atoms with van der Waals surface area (Å²) in [6.45, 7) is 4.56. The number of aliphatic hydroxyl groups excluding tert-OH is 1. The second kappa shape index (κ2) is 6.60. The molecule has 4 nitrogen and oxygen atoms in total. The van der Waals surface area contributed by atoms with E-state index in [9.17, 15) is 4.79 Å². The average molecular weight is 242 g/mol. The Kier molecular flexibility index (Phi) is 5.42. The Morgan fingerprint density at radius 3 is 2.94 bits per heavy atom. The summed E-state index contributed by atoms with van der Waals surface area (Å²) in [5.41, 5.74) is 0.801. The Morgan fingerprint density at radius 1 is 1.56 bits per heavy atom. The first-order valence-corrected chi connectivity index (χ1v) is 6.36. The van der Waals surface area contributed by atoms with Gasteiger partial charge in [0.25, 0.3) is 5.91 Å². The molecule has 1 heterocycles. The second-order valence-corrected chi connectivity index (χ2v) is 4.69. The number of nitrogens with zero attached hydrogens (tertiary/aromatic N) is 1. The molecule has 1 aromatic rings. The summed E-state index contributed by atoms with van der Waals surface area (Å²) in [5.74, 6) is -0.0780. The number of amides is 1. The van der Waals surface area contributed by atoms with Gasteiger partial charge in [-0.3, -0.25) is 4.79 Å². The van der Waals surface area contributed by atoms with Crippen molar-refractivity contribution >= 4 is 17.2 Å². The zero-order valence-corrected chi connectivity index (χ0v) is 10.6. The molecule has 5 heteroatoms. The Balaban J connectivity index is 2.60. The summed E-state index contributed by atoms with van der Waals surface area (Å²) < 4.78 is 0. The van der Waals surface area contributed by atoms with Crippen LogP contribution < -0.4 is 5.32 Å². The molecule has 0 fully saturated rings. The molecule has 0 unspecified atom stereocenters. The number of aromatic nitrogens is 1. The highest BCUT2D eigenvalue weighted by molar-refractivity contribution is 7.13. The third kappa shape index (κ3) is 3.57. The van der Waals surface area contributed by atoms with Gasteiger partial charge in [-0.25, -0.2) is 4.98 Å². The lowest BCUT2D eigenvalue weighted by molar-refractivity contribution is 0.0954. The van der Waals surface area contributed by atoms with Gasteiger partial charge in [-0.1, -0.05) is 6.92 Å². The highest BCUT2D eigenvalue weighted by Crippen LogP contribution is 2.19. The highest BCUT2D eigenvalue weighted by atomic mass is 32.1. The second-order valence-electron chi connectivity index (χ2n) is 3.61. The van der Waals surface area contributed by atoms with Gasteiger partial charge in [0.1, 0.15) is 4.88 Å². The Morgan fingerprint density at radius 2 is 2.31 bits per heavy atom. The fraction of sp³-hybridized carbons (Fsp3) is 0.636. The molecule has 0 aliphatic heterocycles. The monoisotopic (exact) mass is 242 g/mol. The molecule has 90 valence electrons. The molecule has 0 radical (unpaired) electrons. The molecule has 0 aliphatic rings. The maximum Gasteiger partial charge on any atom is 0.263 e. The zero-order chi connectivity index (χ0) is 12.0. The Labute approximate surface area is 99.7 Å². The third-order valence-electron chi connectivity index (χ3n) is 2.13. The summed E-state index contributed by atoms with van der Waals surface area (Å²) >= 11 is 1.46. The van der Waals surface area contributed by atoms with E-state index in [1.807, 2.05) is 6.92 Å². The minimum atomic E-state index is -0.0780. The van der Waals surface area contributed by atoms with Crippen molar-refractivity contribution in [1.29, 1.82) is 0 Å². The number of hydrogen-bond donors (Lipinski definition) is 2. The molecule has 1 aromatic heterocycles. The SMILES string of the molecule is CCCc1nc(C)c(C(=O)NCCCO)s1. The molecule has 2 N–H and O–H groups in total. The lowest BCUT2D eigenvalue weighted by Gasteiger charge is -2.01. The summed E-state index contributed by atoms with van der Waals surface area (Å²) in [6, 6.07) is 0. The largest absolute Gasteiger partial charge is 0.396 e. The van der Waals surface area contributed by atoms with Crippen LogP contribution in [-0.4, -0.2) is 29.1 Å². The van der Waals surface area contributed by atoms with Crippen molar-refractivity contribution in [3.8, 4) is 0 Å². The minimum Gasteiger partial charge on any atom is -0.396 e. The lowest BCUT2D eigenvalue weighted by atomic mass is 10.3. The fourth-order valence-corrected chi connectivity index (χ4v) is 2.43. The minimum absolute atomic E-state index is 0.0780. The highest BCUT2D eigenvalue weighted by Gasteiger charge is 2.13. The van der Waals surface area contributed by atoms with Crippen LogP contribution in [0.25, 0.3) is 0 Å². The molecule has 0 saturated carbocycles. The molecule has 0 bridgehead atoms. The molecule has 0 atom stereocenters. The van der Waals surface area contributed by atoms with E-state index in [0.29, 0.717) is 17.8 Å². The first kappa shape index (κ1) is 13.1. The number of hydrogen-bond acceptors (Lipinski definition) is 4. The number of rotatable bonds is 6. The van der Waals surface area contributed by atoms with E-state index in [1.165, 1.54) is 11.3 Å². The summed E-state index contributed by atoms with van der Waals surface area (Å²) in [7, 11) is 0. The van der Waals surface area contributed by atoms with Crippen LogP contribution in [0, 0.1) is 6.92 Å². The van der Waals surface area contributed by atoms with Crippen LogP contribution in [0.4, 0.5) is 0 Å². The number of carbonyl (C=O) groups excluding carboxylic acids is 1. The molecule has 0 saturated heterocycles. The zero-order valence-electron chi connectivity index (χ0n) is 9.75. The quantitative estimate of drug-likeness (QED) is 0.743. The summed E-state index contributed by atoms with van der Waals surface area (Å²) in [5, 5.41) is 12.4. The fourth-order valence-electron chi connectivity index (χ4n) is 1.35. The molecule has 0 spiro atoms. The van der Waals surface area contributed by atoms with Gasteiger partial charge in [0.05, 0.1) is 10.7 Å². The maximum absolute atomic E-state index is 11.7. The van der Waals surface area contributed by atoms with Crippen molar-refractivity contribution in [2.75, 3.05) is 13.2 Å². The van der Waals surface area contributed by atoms with Crippen LogP contribution in [0.5, 0.6) is 0 Å². The molecular formula is C11H18N2O2S. The van der Waals surface area contributed by atoms with Crippen molar-refractivity contribution in [3.63, 3.8) is 0 Å². The molecule has 1 amide bonds. The van der Waals surface area contributed by atoms with Crippen molar-refractivity contribution in [2.45, 2.75) is 33.1 Å². The normalized spacial score (nSPS) is 10.4. The van der Waals surface area contributed by atoms with Gasteiger partial charge in [-0.15, -0.1) is 11.3 Å². The van der Waals surface area contributed by atoms with Gasteiger partial charge >= 0.3 is 0 Å². The van der Waals surface area contributed by atoms with Crippen LogP contribution in [0.1, 0.15) is 40.1 Å². The number of aryl methyl sites for hydroxylation is 2. The maximum atomic E-state index is 11.7. The van der Waals surface area contributed by atoms with Gasteiger partial charge in [-0.2, -0.15) is 0 Å². The first-order chi connectivity index (χ1) is 7.69. The van der Waals surface area contributed by atoms with E-state index in [0.717, 1.165) is 23.5 Å². The van der Waals surface area contributed by atoms with Crippen molar-refractivity contribution in [1.82, 2.24) is 10.3 Å². The van der Waals surface area contributed by atoms with Gasteiger partial charge < -0.3 is 10.4 Å². The van der Waals surface area contributed by atoms with Crippen LogP contribution in [-0.2, 0) is 6.42 Å². The van der Waals surface area contributed by atoms with E-state index in [2.05, 4.69) is 17.2 Å². The van der Waals surface area contributed by atoms with Gasteiger partial charge in [0, 0.05) is 13.2 Å². The van der Waals surface area contributed by atoms with Crippen LogP contribution in [0.3, 0.4) is 0 Å². The van der Waals surface area contributed by atoms with Crippen molar-refractivity contribution in [3.05, 3.63) is 15.6 Å². The lowest BCUT2D eigenvalue weighted by Crippen LogP contribution is -2.24. The Bertz CT molecular complexity index is 350. The predicted octanol–water partition coefficient (Wildman–Crippen LogP) is 1.52. The number of carbonyl (C=O) groups is 1. The van der Waals surface area contributed by atoms with E-state index < -0.39 is 0 Å². The topological polar surface area (TPSA) is 62.2 Å². The van der Waals surface area contributed by atoms with E-state index in [1.54, 1.807) is 0 Å². The van der Waals surface area contributed by atoms with E-state index >= 15 is 0 Å². The van der Waals surface area contributed by atoms with Gasteiger partial charge in [0.15, 0.2) is 0 Å². The Hall–Kier alpha value is -0.940. The molecular weight excluding hydrogens is 224 g/mol. The third-order valence-corrected chi connectivity index (χ3v) is 3.35. The summed E-state index contributed by atoms with van der Waals surface area (Å²) in [6.07, 6.45) is 2.55. The standard InChI is InChI=1S/C11H18N2O2S/c1-3-5-9-13-8(2)10(16-9)11(15)12-6-4-7-14/h14H,3-7H2,1-2H3,(H,12,15). The van der Waals surface area contributed by atoms with Crippen LogP contribution in [0.2, 0.25) is 0 Å². The molecule has 0 aromatic carbocycles.